The molecular formula is C11H12Cl2N2O3. The van der Waals surface area contributed by atoms with E-state index in [1.165, 1.54) is 0 Å². The van der Waals surface area contributed by atoms with Gasteiger partial charge in [0.15, 0.2) is 0 Å². The Hall–Kier alpha value is -1.46. The van der Waals surface area contributed by atoms with E-state index < -0.39 is 24.5 Å². The van der Waals surface area contributed by atoms with Crippen molar-refractivity contribution in [3.8, 4) is 0 Å². The summed E-state index contributed by atoms with van der Waals surface area (Å²) in [7, 11) is 0. The third-order valence-electron chi connectivity index (χ3n) is 2.11. The van der Waals surface area contributed by atoms with Gasteiger partial charge in [-0.15, -0.1) is 0 Å². The summed E-state index contributed by atoms with van der Waals surface area (Å²) < 4.78 is 0. The molecule has 1 amide bonds. The molecule has 1 aromatic carbocycles. The van der Waals surface area contributed by atoms with Crippen LogP contribution in [0.25, 0.3) is 0 Å². The van der Waals surface area contributed by atoms with Gasteiger partial charge in [-0.25, -0.2) is 0 Å². The molecule has 1 atom stereocenters. The molecule has 0 aliphatic carbocycles. The highest BCUT2D eigenvalue weighted by Gasteiger charge is 2.13. The minimum absolute atomic E-state index is 0.375. The van der Waals surface area contributed by atoms with Crippen molar-refractivity contribution in [2.45, 2.75) is 13.0 Å². The Morgan fingerprint density at radius 2 is 2.00 bits per heavy atom. The molecule has 5 nitrogen and oxygen atoms in total. The topological polar surface area (TPSA) is 78.4 Å². The molecule has 0 spiro atoms. The smallest absolute Gasteiger partial charge is 0.322 e. The highest BCUT2D eigenvalue weighted by atomic mass is 35.5. The van der Waals surface area contributed by atoms with Crippen LogP contribution in [0.15, 0.2) is 18.2 Å². The van der Waals surface area contributed by atoms with Crippen molar-refractivity contribution in [2.75, 3.05) is 11.9 Å². The number of carboxylic acids is 1. The van der Waals surface area contributed by atoms with Crippen LogP contribution in [0.3, 0.4) is 0 Å². The van der Waals surface area contributed by atoms with E-state index in [0.717, 1.165) is 0 Å². The average molecular weight is 291 g/mol. The molecule has 0 saturated carbocycles. The van der Waals surface area contributed by atoms with E-state index >= 15 is 0 Å². The SMILES string of the molecule is C[C@H](Nc1ccc(Cl)c(Cl)c1)C(=O)NCC(=O)O. The average Bonchev–Trinajstić information content (AvgIpc) is 2.30. The molecule has 0 bridgehead atoms. The Kier molecular flexibility index (Phi) is 5.25. The van der Waals surface area contributed by atoms with Crippen LogP contribution in [0.2, 0.25) is 10.0 Å². The zero-order valence-corrected chi connectivity index (χ0v) is 11.0. The number of nitrogens with one attached hydrogen (secondary N) is 2. The van der Waals surface area contributed by atoms with Crippen LogP contribution in [-0.2, 0) is 9.59 Å². The molecule has 0 unspecified atom stereocenters. The largest absolute Gasteiger partial charge is 0.480 e. The van der Waals surface area contributed by atoms with Gasteiger partial charge in [0.1, 0.15) is 12.6 Å². The second-order valence-electron chi connectivity index (χ2n) is 3.61. The van der Waals surface area contributed by atoms with Crippen molar-refractivity contribution in [3.05, 3.63) is 28.2 Å². The molecule has 1 rings (SSSR count). The van der Waals surface area contributed by atoms with Gasteiger partial charge in [0.05, 0.1) is 10.0 Å². The second-order valence-corrected chi connectivity index (χ2v) is 4.42. The number of carbonyl (C=O) groups is 2. The number of hydrogen-bond donors (Lipinski definition) is 3. The standard InChI is InChI=1S/C11H12Cl2N2O3/c1-6(11(18)14-5-10(16)17)15-7-2-3-8(12)9(13)4-7/h2-4,6,15H,5H2,1H3,(H,14,18)(H,16,17)/t6-/m0/s1. The van der Waals surface area contributed by atoms with Crippen molar-refractivity contribution in [2.24, 2.45) is 0 Å². The van der Waals surface area contributed by atoms with Crippen LogP contribution in [0.4, 0.5) is 5.69 Å². The third kappa shape index (κ3) is 4.43. The molecule has 0 heterocycles. The molecule has 0 aromatic heterocycles. The van der Waals surface area contributed by atoms with Crippen LogP contribution in [0.1, 0.15) is 6.92 Å². The normalized spacial score (nSPS) is 11.7. The molecule has 3 N–H and O–H groups in total. The quantitative estimate of drug-likeness (QED) is 0.775. The fourth-order valence-electron chi connectivity index (χ4n) is 1.22. The van der Waals surface area contributed by atoms with Crippen LogP contribution in [-0.4, -0.2) is 29.6 Å². The summed E-state index contributed by atoms with van der Waals surface area (Å²) in [5.74, 6) is -1.51. The number of hydrogen-bond acceptors (Lipinski definition) is 3. The van der Waals surface area contributed by atoms with Crippen molar-refractivity contribution in [1.82, 2.24) is 5.32 Å². The van der Waals surface area contributed by atoms with E-state index in [1.54, 1.807) is 25.1 Å². The Morgan fingerprint density at radius 3 is 2.56 bits per heavy atom. The van der Waals surface area contributed by atoms with Crippen molar-refractivity contribution >= 4 is 40.8 Å². The first-order chi connectivity index (χ1) is 8.40. The fraction of sp³-hybridized carbons (Fsp3) is 0.273. The number of benzene rings is 1. The maximum absolute atomic E-state index is 11.5. The number of halogens is 2. The Bertz CT molecular complexity index is 466. The highest BCUT2D eigenvalue weighted by Crippen LogP contribution is 2.25. The van der Waals surface area contributed by atoms with Gasteiger partial charge in [-0.3, -0.25) is 9.59 Å². The number of carboxylic acid groups (broad SMARTS) is 1. The molecule has 7 heteroatoms. The maximum atomic E-state index is 11.5. The summed E-state index contributed by atoms with van der Waals surface area (Å²) >= 11 is 11.6. The van der Waals surface area contributed by atoms with Crippen LogP contribution >= 0.6 is 23.2 Å². The minimum atomic E-state index is -1.09. The van der Waals surface area contributed by atoms with E-state index in [2.05, 4.69) is 10.6 Å². The van der Waals surface area contributed by atoms with Gasteiger partial charge < -0.3 is 15.7 Å². The minimum Gasteiger partial charge on any atom is -0.480 e. The van der Waals surface area contributed by atoms with E-state index in [9.17, 15) is 9.59 Å². The first kappa shape index (κ1) is 14.6. The van der Waals surface area contributed by atoms with Gasteiger partial charge in [0, 0.05) is 5.69 Å². The lowest BCUT2D eigenvalue weighted by atomic mass is 10.2. The first-order valence-electron chi connectivity index (χ1n) is 5.11. The predicted molar refractivity (Wildman–Crippen MR) is 70.2 cm³/mol. The van der Waals surface area contributed by atoms with Crippen molar-refractivity contribution in [1.29, 1.82) is 0 Å². The predicted octanol–water partition coefficient (Wildman–Crippen LogP) is 1.99. The second kappa shape index (κ2) is 6.47. The maximum Gasteiger partial charge on any atom is 0.322 e. The number of rotatable bonds is 5. The monoisotopic (exact) mass is 290 g/mol. The molecule has 18 heavy (non-hydrogen) atoms. The van der Waals surface area contributed by atoms with Gasteiger partial charge >= 0.3 is 5.97 Å². The van der Waals surface area contributed by atoms with Crippen LogP contribution < -0.4 is 10.6 Å². The lowest BCUT2D eigenvalue weighted by Crippen LogP contribution is -2.40. The van der Waals surface area contributed by atoms with E-state index in [1.807, 2.05) is 0 Å². The molecule has 0 fully saturated rings. The van der Waals surface area contributed by atoms with Crippen molar-refractivity contribution < 1.29 is 14.7 Å². The van der Waals surface area contributed by atoms with Crippen LogP contribution in [0, 0.1) is 0 Å². The lowest BCUT2D eigenvalue weighted by molar-refractivity contribution is -0.138. The van der Waals surface area contributed by atoms with Crippen LogP contribution in [0.5, 0.6) is 0 Å². The van der Waals surface area contributed by atoms with Gasteiger partial charge in [-0.05, 0) is 25.1 Å². The molecule has 0 aliphatic heterocycles. The Morgan fingerprint density at radius 1 is 1.33 bits per heavy atom. The number of amides is 1. The van der Waals surface area contributed by atoms with E-state index in [4.69, 9.17) is 28.3 Å². The summed E-state index contributed by atoms with van der Waals surface area (Å²) in [6.07, 6.45) is 0. The van der Waals surface area contributed by atoms with Gasteiger partial charge in [0.2, 0.25) is 5.91 Å². The molecule has 0 radical (unpaired) electrons. The van der Waals surface area contributed by atoms with E-state index in [-0.39, 0.29) is 0 Å². The van der Waals surface area contributed by atoms with Gasteiger partial charge in [-0.2, -0.15) is 0 Å². The molecule has 0 aliphatic rings. The zero-order valence-electron chi connectivity index (χ0n) is 9.54. The summed E-state index contributed by atoms with van der Waals surface area (Å²) in [5.41, 5.74) is 0.627. The highest BCUT2D eigenvalue weighted by molar-refractivity contribution is 6.42. The summed E-state index contributed by atoms with van der Waals surface area (Å²) in [6, 6.07) is 4.29. The molecule has 98 valence electrons. The summed E-state index contributed by atoms with van der Waals surface area (Å²) in [5, 5.41) is 14.4. The zero-order chi connectivity index (χ0) is 13.7. The number of carbonyl (C=O) groups excluding carboxylic acids is 1. The third-order valence-corrected chi connectivity index (χ3v) is 2.85. The fourth-order valence-corrected chi connectivity index (χ4v) is 1.52. The van der Waals surface area contributed by atoms with Crippen molar-refractivity contribution in [3.63, 3.8) is 0 Å². The lowest BCUT2D eigenvalue weighted by Gasteiger charge is -2.14. The Balaban J connectivity index is 2.58. The Labute approximate surface area is 114 Å². The summed E-state index contributed by atoms with van der Waals surface area (Å²) in [6.45, 7) is 1.20. The first-order valence-corrected chi connectivity index (χ1v) is 5.87. The number of anilines is 1. The molecule has 0 saturated heterocycles. The summed E-state index contributed by atoms with van der Waals surface area (Å²) in [4.78, 5) is 21.8. The van der Waals surface area contributed by atoms with Gasteiger partial charge in [-0.1, -0.05) is 23.2 Å². The van der Waals surface area contributed by atoms with E-state index in [0.29, 0.717) is 15.7 Å². The van der Waals surface area contributed by atoms with Gasteiger partial charge in [0.25, 0.3) is 0 Å². The molecular weight excluding hydrogens is 279 g/mol. The number of aliphatic carboxylic acids is 1. The molecule has 1 aromatic rings.